The standard InChI is InChI=1S/C19H14FN3OS/c1-2-17-21-16(11-25-17)13-4-3-5-14(10-13)18-22-19(24-23-18)12-6-8-15(20)9-7-12/h3-11H,2H2,1H3. The lowest BCUT2D eigenvalue weighted by Crippen LogP contribution is -1.85. The van der Waals surface area contributed by atoms with Crippen LogP contribution in [0.3, 0.4) is 0 Å². The molecule has 124 valence electrons. The van der Waals surface area contributed by atoms with E-state index in [4.69, 9.17) is 4.52 Å². The van der Waals surface area contributed by atoms with Crippen LogP contribution in [-0.4, -0.2) is 15.1 Å². The van der Waals surface area contributed by atoms with Crippen molar-refractivity contribution in [2.24, 2.45) is 0 Å². The van der Waals surface area contributed by atoms with Gasteiger partial charge in [0.05, 0.1) is 10.7 Å². The molecule has 0 N–H and O–H groups in total. The van der Waals surface area contributed by atoms with Gasteiger partial charge in [-0.15, -0.1) is 11.3 Å². The van der Waals surface area contributed by atoms with E-state index in [2.05, 4.69) is 27.4 Å². The van der Waals surface area contributed by atoms with Crippen LogP contribution in [0.25, 0.3) is 34.1 Å². The van der Waals surface area contributed by atoms with E-state index in [1.807, 2.05) is 24.3 Å². The molecule has 0 amide bonds. The van der Waals surface area contributed by atoms with Gasteiger partial charge >= 0.3 is 0 Å². The smallest absolute Gasteiger partial charge is 0.258 e. The Balaban J connectivity index is 1.66. The molecule has 0 saturated heterocycles. The van der Waals surface area contributed by atoms with Crippen LogP contribution in [0.4, 0.5) is 4.39 Å². The molecule has 0 unspecified atom stereocenters. The Morgan fingerprint density at radius 2 is 1.80 bits per heavy atom. The highest BCUT2D eigenvalue weighted by atomic mass is 32.1. The summed E-state index contributed by atoms with van der Waals surface area (Å²) in [5.74, 6) is 0.556. The van der Waals surface area contributed by atoms with Crippen LogP contribution >= 0.6 is 11.3 Å². The molecule has 2 aromatic carbocycles. The molecule has 0 spiro atoms. The fourth-order valence-corrected chi connectivity index (χ4v) is 3.23. The molecule has 6 heteroatoms. The Morgan fingerprint density at radius 3 is 2.56 bits per heavy atom. The van der Waals surface area contributed by atoms with Crippen LogP contribution < -0.4 is 0 Å². The zero-order valence-electron chi connectivity index (χ0n) is 13.4. The predicted molar refractivity (Wildman–Crippen MR) is 95.6 cm³/mol. The lowest BCUT2D eigenvalue weighted by atomic mass is 10.1. The third-order valence-corrected chi connectivity index (χ3v) is 4.78. The van der Waals surface area contributed by atoms with Gasteiger partial charge in [0.15, 0.2) is 0 Å². The largest absolute Gasteiger partial charge is 0.334 e. The van der Waals surface area contributed by atoms with E-state index >= 15 is 0 Å². The summed E-state index contributed by atoms with van der Waals surface area (Å²) >= 11 is 1.66. The maximum Gasteiger partial charge on any atom is 0.258 e. The first kappa shape index (κ1) is 15.7. The number of thiazole rings is 1. The highest BCUT2D eigenvalue weighted by molar-refractivity contribution is 7.09. The number of halogens is 1. The van der Waals surface area contributed by atoms with Crippen molar-refractivity contribution in [1.82, 2.24) is 15.1 Å². The lowest BCUT2D eigenvalue weighted by molar-refractivity contribution is 0.432. The molecular weight excluding hydrogens is 337 g/mol. The SMILES string of the molecule is CCc1nc(-c2cccc(-c3noc(-c4ccc(F)cc4)n3)c2)cs1. The molecule has 0 fully saturated rings. The third-order valence-electron chi connectivity index (χ3n) is 3.79. The van der Waals surface area contributed by atoms with Gasteiger partial charge in [-0.1, -0.05) is 30.3 Å². The van der Waals surface area contributed by atoms with Crippen LogP contribution in [0.2, 0.25) is 0 Å². The van der Waals surface area contributed by atoms with Crippen LogP contribution in [0.1, 0.15) is 11.9 Å². The molecular formula is C19H14FN3OS. The first-order chi connectivity index (χ1) is 12.2. The Morgan fingerprint density at radius 1 is 1.00 bits per heavy atom. The maximum absolute atomic E-state index is 13.0. The molecule has 0 aliphatic carbocycles. The minimum absolute atomic E-state index is 0.300. The summed E-state index contributed by atoms with van der Waals surface area (Å²) in [6.07, 6.45) is 0.927. The van der Waals surface area contributed by atoms with Gasteiger partial charge in [-0.2, -0.15) is 4.98 Å². The number of nitrogens with zero attached hydrogens (tertiary/aromatic N) is 3. The summed E-state index contributed by atoms with van der Waals surface area (Å²) < 4.78 is 18.3. The minimum atomic E-state index is -0.300. The van der Waals surface area contributed by atoms with E-state index in [0.717, 1.165) is 28.2 Å². The second-order valence-corrected chi connectivity index (χ2v) is 6.43. The number of hydrogen-bond donors (Lipinski definition) is 0. The van der Waals surface area contributed by atoms with Gasteiger partial charge in [0.1, 0.15) is 5.82 Å². The highest BCUT2D eigenvalue weighted by Gasteiger charge is 2.12. The fraction of sp³-hybridized carbons (Fsp3) is 0.105. The number of rotatable bonds is 4. The summed E-state index contributed by atoms with van der Waals surface area (Å²) in [7, 11) is 0. The maximum atomic E-state index is 13.0. The van der Waals surface area contributed by atoms with E-state index in [1.165, 1.54) is 12.1 Å². The first-order valence-corrected chi connectivity index (χ1v) is 8.76. The van der Waals surface area contributed by atoms with E-state index in [9.17, 15) is 4.39 Å². The quantitative estimate of drug-likeness (QED) is 0.505. The van der Waals surface area contributed by atoms with Gasteiger partial charge in [0, 0.05) is 22.1 Å². The molecule has 0 radical (unpaired) electrons. The van der Waals surface area contributed by atoms with Crippen molar-refractivity contribution in [3.05, 3.63) is 64.7 Å². The summed E-state index contributed by atoms with van der Waals surface area (Å²) in [6, 6.07) is 13.8. The third kappa shape index (κ3) is 3.21. The Kier molecular flexibility index (Phi) is 4.11. The lowest BCUT2D eigenvalue weighted by Gasteiger charge is -1.99. The second-order valence-electron chi connectivity index (χ2n) is 5.49. The summed E-state index contributed by atoms with van der Waals surface area (Å²) in [5.41, 5.74) is 3.50. The van der Waals surface area contributed by atoms with Crippen LogP contribution in [0.15, 0.2) is 58.4 Å². The fourth-order valence-electron chi connectivity index (χ4n) is 2.47. The molecule has 25 heavy (non-hydrogen) atoms. The number of benzene rings is 2. The normalized spacial score (nSPS) is 11.0. The van der Waals surface area contributed by atoms with Gasteiger partial charge < -0.3 is 4.52 Å². The molecule has 2 heterocycles. The van der Waals surface area contributed by atoms with E-state index < -0.39 is 0 Å². The van der Waals surface area contributed by atoms with Crippen molar-refractivity contribution in [3.8, 4) is 34.1 Å². The summed E-state index contributed by atoms with van der Waals surface area (Å²) in [5, 5.41) is 7.21. The highest BCUT2D eigenvalue weighted by Crippen LogP contribution is 2.27. The molecule has 0 aliphatic heterocycles. The molecule has 0 saturated carbocycles. The number of aromatic nitrogens is 3. The molecule has 4 rings (SSSR count). The molecule has 0 atom stereocenters. The van der Waals surface area contributed by atoms with Crippen LogP contribution in [0.5, 0.6) is 0 Å². The Hall–Kier alpha value is -2.86. The first-order valence-electron chi connectivity index (χ1n) is 7.88. The second kappa shape index (κ2) is 6.57. The minimum Gasteiger partial charge on any atom is -0.334 e. The average Bonchev–Trinajstić information content (AvgIpc) is 3.32. The van der Waals surface area contributed by atoms with Gasteiger partial charge in [-0.05, 0) is 36.8 Å². The molecule has 4 aromatic rings. The van der Waals surface area contributed by atoms with E-state index in [1.54, 1.807) is 23.5 Å². The van der Waals surface area contributed by atoms with E-state index in [-0.39, 0.29) is 5.82 Å². The average molecular weight is 351 g/mol. The van der Waals surface area contributed by atoms with E-state index in [0.29, 0.717) is 17.3 Å². The van der Waals surface area contributed by atoms with Crippen molar-refractivity contribution < 1.29 is 8.91 Å². The number of hydrogen-bond acceptors (Lipinski definition) is 5. The van der Waals surface area contributed by atoms with Gasteiger partial charge in [-0.25, -0.2) is 9.37 Å². The summed E-state index contributed by atoms with van der Waals surface area (Å²) in [4.78, 5) is 9.03. The zero-order valence-corrected chi connectivity index (χ0v) is 14.3. The molecule has 0 aliphatic rings. The van der Waals surface area contributed by atoms with Crippen molar-refractivity contribution in [1.29, 1.82) is 0 Å². The van der Waals surface area contributed by atoms with Gasteiger partial charge in [0.25, 0.3) is 5.89 Å². The molecule has 0 bridgehead atoms. The van der Waals surface area contributed by atoms with Gasteiger partial charge in [-0.3, -0.25) is 0 Å². The predicted octanol–water partition coefficient (Wildman–Crippen LogP) is 5.23. The van der Waals surface area contributed by atoms with Gasteiger partial charge in [0.2, 0.25) is 5.82 Å². The molecule has 2 aromatic heterocycles. The topological polar surface area (TPSA) is 51.8 Å². The van der Waals surface area contributed by atoms with Crippen molar-refractivity contribution in [3.63, 3.8) is 0 Å². The number of aryl methyl sites for hydroxylation is 1. The zero-order chi connectivity index (χ0) is 17.2. The van der Waals surface area contributed by atoms with Crippen molar-refractivity contribution >= 4 is 11.3 Å². The Labute approximate surface area is 148 Å². The van der Waals surface area contributed by atoms with Crippen molar-refractivity contribution in [2.45, 2.75) is 13.3 Å². The van der Waals surface area contributed by atoms with Crippen LogP contribution in [-0.2, 0) is 6.42 Å². The van der Waals surface area contributed by atoms with Crippen molar-refractivity contribution in [2.75, 3.05) is 0 Å². The molecule has 4 nitrogen and oxygen atoms in total. The Bertz CT molecular complexity index is 1010. The van der Waals surface area contributed by atoms with Crippen LogP contribution in [0, 0.1) is 5.82 Å². The monoisotopic (exact) mass is 351 g/mol. The summed E-state index contributed by atoms with van der Waals surface area (Å²) in [6.45, 7) is 2.09.